The minimum atomic E-state index is 0.209. The van der Waals surface area contributed by atoms with Crippen molar-refractivity contribution < 1.29 is 4.79 Å². The first-order valence-electron chi connectivity index (χ1n) is 11.6. The summed E-state index contributed by atoms with van der Waals surface area (Å²) < 4.78 is 2.20. The van der Waals surface area contributed by atoms with E-state index in [9.17, 15) is 4.79 Å². The van der Waals surface area contributed by atoms with E-state index in [4.69, 9.17) is 5.10 Å². The Labute approximate surface area is 200 Å². The van der Waals surface area contributed by atoms with Crippen LogP contribution in [-0.2, 0) is 11.3 Å². The number of aryl methyl sites for hydroxylation is 1. The number of benzene rings is 3. The highest BCUT2D eigenvalue weighted by molar-refractivity contribution is 8.13. The number of aromatic nitrogens is 2. The van der Waals surface area contributed by atoms with Crippen LogP contribution in [0.25, 0.3) is 33.6 Å². The first kappa shape index (κ1) is 23.1. The van der Waals surface area contributed by atoms with Gasteiger partial charge in [0.05, 0.1) is 5.69 Å². The van der Waals surface area contributed by atoms with Gasteiger partial charge in [-0.15, -0.1) is 0 Å². The fourth-order valence-corrected chi connectivity index (χ4v) is 4.76. The van der Waals surface area contributed by atoms with Crippen LogP contribution in [0.4, 0.5) is 0 Å². The minimum absolute atomic E-state index is 0.209. The lowest BCUT2D eigenvalue weighted by atomic mass is 9.96. The third-order valence-corrected chi connectivity index (χ3v) is 6.58. The number of hydrogen-bond acceptors (Lipinski definition) is 3. The van der Waals surface area contributed by atoms with Gasteiger partial charge in [0.25, 0.3) is 0 Å². The number of thioether (sulfide) groups is 1. The molecule has 0 atom stereocenters. The van der Waals surface area contributed by atoms with Gasteiger partial charge in [-0.05, 0) is 18.4 Å². The first-order valence-corrected chi connectivity index (χ1v) is 12.6. The maximum absolute atomic E-state index is 11.1. The molecule has 0 radical (unpaired) electrons. The molecule has 0 saturated heterocycles. The number of rotatable bonds is 10. The zero-order chi connectivity index (χ0) is 22.9. The fourth-order valence-electron chi connectivity index (χ4n) is 4.12. The Morgan fingerprint density at radius 1 is 0.727 bits per heavy atom. The fraction of sp³-hybridized carbons (Fsp3) is 0.241. The second kappa shape index (κ2) is 11.7. The Bertz CT molecular complexity index is 1150. The highest BCUT2D eigenvalue weighted by Gasteiger charge is 2.21. The molecule has 0 bridgehead atoms. The van der Waals surface area contributed by atoms with Crippen LogP contribution < -0.4 is 0 Å². The monoisotopic (exact) mass is 454 g/mol. The number of nitrogens with zero attached hydrogens (tertiary/aromatic N) is 2. The molecule has 4 heteroatoms. The molecule has 0 spiro atoms. The molecular formula is C29H30N2OS. The van der Waals surface area contributed by atoms with Gasteiger partial charge in [-0.3, -0.25) is 9.48 Å². The van der Waals surface area contributed by atoms with Gasteiger partial charge in [0.2, 0.25) is 0 Å². The summed E-state index contributed by atoms with van der Waals surface area (Å²) in [6, 6.07) is 31.7. The van der Waals surface area contributed by atoms with Gasteiger partial charge in [0.15, 0.2) is 5.12 Å². The predicted octanol–water partition coefficient (Wildman–Crippen LogP) is 7.72. The summed E-state index contributed by atoms with van der Waals surface area (Å²) in [7, 11) is 0. The van der Waals surface area contributed by atoms with Gasteiger partial charge in [-0.2, -0.15) is 5.10 Å². The number of unbranched alkanes of at least 4 members (excludes halogenated alkanes) is 3. The molecule has 0 fully saturated rings. The van der Waals surface area contributed by atoms with Crippen molar-refractivity contribution >= 4 is 16.9 Å². The smallest absolute Gasteiger partial charge is 0.185 e. The van der Waals surface area contributed by atoms with E-state index >= 15 is 0 Å². The standard InChI is InChI=1S/C29H30N2OS/c1-23(32)33-22-14-3-2-13-21-31-29(26-19-11-6-12-20-26)27(24-15-7-4-8-16-24)28(30-31)25-17-9-5-10-18-25/h4-12,15-20H,2-3,13-14,21-22H2,1H3. The molecule has 0 aliphatic carbocycles. The maximum Gasteiger partial charge on any atom is 0.185 e. The van der Waals surface area contributed by atoms with Crippen LogP contribution in [0.15, 0.2) is 91.0 Å². The van der Waals surface area contributed by atoms with Crippen molar-refractivity contribution in [2.24, 2.45) is 0 Å². The zero-order valence-corrected chi connectivity index (χ0v) is 19.9. The highest BCUT2D eigenvalue weighted by atomic mass is 32.2. The van der Waals surface area contributed by atoms with Gasteiger partial charge in [0.1, 0.15) is 5.69 Å². The summed E-state index contributed by atoms with van der Waals surface area (Å²) in [6.07, 6.45) is 4.42. The molecule has 1 aromatic heterocycles. The molecule has 0 amide bonds. The lowest BCUT2D eigenvalue weighted by molar-refractivity contribution is -0.109. The predicted molar refractivity (Wildman–Crippen MR) is 140 cm³/mol. The number of hydrogen-bond donors (Lipinski definition) is 0. The van der Waals surface area contributed by atoms with Gasteiger partial charge in [-0.1, -0.05) is 116 Å². The molecule has 4 aromatic rings. The van der Waals surface area contributed by atoms with Crippen molar-refractivity contribution in [3.63, 3.8) is 0 Å². The highest BCUT2D eigenvalue weighted by Crippen LogP contribution is 2.40. The maximum atomic E-state index is 11.1. The quantitative estimate of drug-likeness (QED) is 0.230. The molecule has 4 rings (SSSR count). The molecule has 1 heterocycles. The van der Waals surface area contributed by atoms with E-state index in [2.05, 4.69) is 89.6 Å². The average molecular weight is 455 g/mol. The number of carbonyl (C=O) groups is 1. The third kappa shape index (κ3) is 6.02. The molecule has 0 unspecified atom stereocenters. The third-order valence-electron chi connectivity index (χ3n) is 5.68. The van der Waals surface area contributed by atoms with Crippen molar-refractivity contribution in [1.29, 1.82) is 0 Å². The largest absolute Gasteiger partial charge is 0.288 e. The summed E-state index contributed by atoms with van der Waals surface area (Å²) in [6.45, 7) is 2.51. The molecule has 3 nitrogen and oxygen atoms in total. The van der Waals surface area contributed by atoms with Crippen LogP contribution in [0, 0.1) is 0 Å². The SMILES string of the molecule is CC(=O)SCCCCCCn1nc(-c2ccccc2)c(-c2ccccc2)c1-c1ccccc1. The van der Waals surface area contributed by atoms with Crippen molar-refractivity contribution in [2.45, 2.75) is 39.2 Å². The molecule has 0 saturated carbocycles. The van der Waals surface area contributed by atoms with Gasteiger partial charge < -0.3 is 0 Å². The lowest BCUT2D eigenvalue weighted by Crippen LogP contribution is -2.03. The van der Waals surface area contributed by atoms with Crippen molar-refractivity contribution in [1.82, 2.24) is 9.78 Å². The van der Waals surface area contributed by atoms with Crippen molar-refractivity contribution in [2.75, 3.05) is 5.75 Å². The van der Waals surface area contributed by atoms with Crippen LogP contribution in [0.3, 0.4) is 0 Å². The zero-order valence-electron chi connectivity index (χ0n) is 19.1. The topological polar surface area (TPSA) is 34.9 Å². The van der Waals surface area contributed by atoms with Crippen molar-refractivity contribution in [3.05, 3.63) is 91.0 Å². The molecule has 168 valence electrons. The number of carbonyl (C=O) groups excluding carboxylic acids is 1. The normalized spacial score (nSPS) is 10.9. The summed E-state index contributed by atoms with van der Waals surface area (Å²) in [5, 5.41) is 5.37. The second-order valence-electron chi connectivity index (χ2n) is 8.15. The van der Waals surface area contributed by atoms with Crippen LogP contribution >= 0.6 is 11.8 Å². The van der Waals surface area contributed by atoms with E-state index < -0.39 is 0 Å². The summed E-state index contributed by atoms with van der Waals surface area (Å²) in [5.41, 5.74) is 6.89. The second-order valence-corrected chi connectivity index (χ2v) is 9.42. The van der Waals surface area contributed by atoms with Crippen LogP contribution in [0.5, 0.6) is 0 Å². The molecule has 0 aliphatic heterocycles. The Balaban J connectivity index is 1.67. The lowest BCUT2D eigenvalue weighted by Gasteiger charge is -2.11. The Morgan fingerprint density at radius 3 is 1.88 bits per heavy atom. The van der Waals surface area contributed by atoms with E-state index in [1.54, 1.807) is 6.92 Å². The minimum Gasteiger partial charge on any atom is -0.288 e. The molecule has 3 aromatic carbocycles. The average Bonchev–Trinajstić information content (AvgIpc) is 3.24. The van der Waals surface area contributed by atoms with Crippen LogP contribution in [0.1, 0.15) is 32.6 Å². The molecule has 0 aliphatic rings. The summed E-state index contributed by atoms with van der Waals surface area (Å²) >= 11 is 1.43. The van der Waals surface area contributed by atoms with E-state index in [1.807, 2.05) is 6.07 Å². The van der Waals surface area contributed by atoms with Gasteiger partial charge >= 0.3 is 0 Å². The van der Waals surface area contributed by atoms with Crippen molar-refractivity contribution in [3.8, 4) is 33.6 Å². The van der Waals surface area contributed by atoms with E-state index in [-0.39, 0.29) is 5.12 Å². The molecular weight excluding hydrogens is 424 g/mol. The van der Waals surface area contributed by atoms with E-state index in [1.165, 1.54) is 34.1 Å². The Hall–Kier alpha value is -3.11. The Kier molecular flexibility index (Phi) is 8.15. The van der Waals surface area contributed by atoms with Crippen LogP contribution in [0.2, 0.25) is 0 Å². The van der Waals surface area contributed by atoms with Crippen LogP contribution in [-0.4, -0.2) is 20.6 Å². The van der Waals surface area contributed by atoms with E-state index in [0.717, 1.165) is 49.2 Å². The van der Waals surface area contributed by atoms with Gasteiger partial charge in [0, 0.05) is 35.9 Å². The van der Waals surface area contributed by atoms with E-state index in [0.29, 0.717) is 0 Å². The first-order chi connectivity index (χ1) is 16.2. The Morgan fingerprint density at radius 2 is 1.27 bits per heavy atom. The van der Waals surface area contributed by atoms with Gasteiger partial charge in [-0.25, -0.2) is 0 Å². The molecule has 0 N–H and O–H groups in total. The summed E-state index contributed by atoms with van der Waals surface area (Å²) in [5.74, 6) is 0.919. The molecule has 33 heavy (non-hydrogen) atoms. The summed E-state index contributed by atoms with van der Waals surface area (Å²) in [4.78, 5) is 11.1.